The Morgan fingerprint density at radius 3 is 2.79 bits per heavy atom. The van der Waals surface area contributed by atoms with E-state index in [4.69, 9.17) is 5.11 Å². The van der Waals surface area contributed by atoms with E-state index in [1.807, 2.05) is 6.92 Å². The predicted octanol–water partition coefficient (Wildman–Crippen LogP) is 2.79. The van der Waals surface area contributed by atoms with Crippen LogP contribution >= 0.6 is 11.3 Å². The van der Waals surface area contributed by atoms with E-state index in [9.17, 15) is 9.59 Å². The number of carboxylic acid groups (broad SMARTS) is 1. The van der Waals surface area contributed by atoms with E-state index in [1.165, 1.54) is 6.07 Å². The second kappa shape index (κ2) is 5.49. The van der Waals surface area contributed by atoms with Crippen molar-refractivity contribution in [2.45, 2.75) is 6.92 Å². The molecule has 2 heterocycles. The molecule has 0 unspecified atom stereocenters. The highest BCUT2D eigenvalue weighted by Crippen LogP contribution is 2.23. The third-order valence-electron chi connectivity index (χ3n) is 2.39. The molecular weight excluding hydrogens is 266 g/mol. The maximum Gasteiger partial charge on any atom is 0.338 e. The Labute approximate surface area is 113 Å². The van der Waals surface area contributed by atoms with Crippen molar-refractivity contribution < 1.29 is 14.7 Å². The normalized spacial score (nSPS) is 9.95. The zero-order chi connectivity index (χ0) is 13.8. The van der Waals surface area contributed by atoms with Gasteiger partial charge in [0.15, 0.2) is 0 Å². The molecule has 0 bridgehead atoms. The van der Waals surface area contributed by atoms with Crippen molar-refractivity contribution in [2.24, 2.45) is 0 Å². The zero-order valence-electron chi connectivity index (χ0n) is 10.0. The van der Waals surface area contributed by atoms with E-state index in [2.05, 4.69) is 15.6 Å². The minimum atomic E-state index is -1.07. The standard InChI is InChI=1S/C12H11N3O3S/c1-7-6-13-4-2-9(7)14-12(18)15-10-8(11(16)17)3-5-19-10/h2-6H,1H3,(H,16,17)(H2,13,14,15,18). The molecule has 0 aliphatic rings. The van der Waals surface area contributed by atoms with E-state index >= 15 is 0 Å². The number of hydrogen-bond acceptors (Lipinski definition) is 4. The first-order valence-electron chi connectivity index (χ1n) is 5.37. The van der Waals surface area contributed by atoms with Crippen LogP contribution in [0.4, 0.5) is 15.5 Å². The first-order chi connectivity index (χ1) is 9.08. The molecule has 0 atom stereocenters. The number of nitrogens with one attached hydrogen (secondary N) is 2. The number of aromatic carboxylic acids is 1. The molecule has 19 heavy (non-hydrogen) atoms. The van der Waals surface area contributed by atoms with Crippen LogP contribution in [-0.2, 0) is 0 Å². The fraction of sp³-hybridized carbons (Fsp3) is 0.0833. The number of aromatic nitrogens is 1. The number of aryl methyl sites for hydroxylation is 1. The number of rotatable bonds is 3. The minimum absolute atomic E-state index is 0.0756. The van der Waals surface area contributed by atoms with Gasteiger partial charge in [-0.05, 0) is 30.0 Å². The minimum Gasteiger partial charge on any atom is -0.478 e. The van der Waals surface area contributed by atoms with Gasteiger partial charge in [0.2, 0.25) is 0 Å². The number of amides is 2. The summed E-state index contributed by atoms with van der Waals surface area (Å²) in [6.07, 6.45) is 3.19. The van der Waals surface area contributed by atoms with Crippen LogP contribution in [-0.4, -0.2) is 22.1 Å². The summed E-state index contributed by atoms with van der Waals surface area (Å²) in [5.41, 5.74) is 1.52. The number of carboxylic acids is 1. The van der Waals surface area contributed by atoms with Gasteiger partial charge < -0.3 is 10.4 Å². The average Bonchev–Trinajstić information content (AvgIpc) is 2.80. The summed E-state index contributed by atoms with van der Waals surface area (Å²) < 4.78 is 0. The largest absolute Gasteiger partial charge is 0.478 e. The molecule has 7 heteroatoms. The number of hydrogen-bond donors (Lipinski definition) is 3. The third kappa shape index (κ3) is 3.08. The lowest BCUT2D eigenvalue weighted by atomic mass is 10.2. The van der Waals surface area contributed by atoms with Gasteiger partial charge in [0, 0.05) is 18.1 Å². The molecule has 0 saturated heterocycles. The van der Waals surface area contributed by atoms with Crippen molar-refractivity contribution in [3.63, 3.8) is 0 Å². The van der Waals surface area contributed by atoms with Gasteiger partial charge in [-0.3, -0.25) is 10.3 Å². The van der Waals surface area contributed by atoms with Crippen LogP contribution in [0, 0.1) is 6.92 Å². The van der Waals surface area contributed by atoms with Crippen LogP contribution in [0.25, 0.3) is 0 Å². The molecule has 2 amide bonds. The van der Waals surface area contributed by atoms with Crippen molar-refractivity contribution in [3.05, 3.63) is 41.0 Å². The molecule has 0 aliphatic heterocycles. The number of carbonyl (C=O) groups excluding carboxylic acids is 1. The van der Waals surface area contributed by atoms with Gasteiger partial charge in [-0.2, -0.15) is 0 Å². The summed E-state index contributed by atoms with van der Waals surface area (Å²) in [6.45, 7) is 1.82. The number of carbonyl (C=O) groups is 2. The van der Waals surface area contributed by atoms with Gasteiger partial charge in [0.05, 0.1) is 5.56 Å². The highest BCUT2D eigenvalue weighted by molar-refractivity contribution is 7.14. The number of nitrogens with zero attached hydrogens (tertiary/aromatic N) is 1. The van der Waals surface area contributed by atoms with Crippen molar-refractivity contribution in [3.8, 4) is 0 Å². The van der Waals surface area contributed by atoms with E-state index in [0.29, 0.717) is 10.7 Å². The van der Waals surface area contributed by atoms with Crippen molar-refractivity contribution in [1.82, 2.24) is 4.98 Å². The Morgan fingerprint density at radius 1 is 1.32 bits per heavy atom. The molecule has 0 spiro atoms. The molecule has 0 radical (unpaired) electrons. The molecule has 0 aliphatic carbocycles. The molecule has 3 N–H and O–H groups in total. The lowest BCUT2D eigenvalue weighted by Crippen LogP contribution is -2.20. The predicted molar refractivity (Wildman–Crippen MR) is 72.9 cm³/mol. The number of urea groups is 1. The van der Waals surface area contributed by atoms with Crippen molar-refractivity contribution in [2.75, 3.05) is 10.6 Å². The molecule has 6 nitrogen and oxygen atoms in total. The van der Waals surface area contributed by atoms with Crippen LogP contribution < -0.4 is 10.6 Å². The van der Waals surface area contributed by atoms with Gasteiger partial charge in [0.1, 0.15) is 5.00 Å². The maximum absolute atomic E-state index is 11.8. The van der Waals surface area contributed by atoms with Gasteiger partial charge in [-0.15, -0.1) is 11.3 Å². The molecule has 2 aromatic heterocycles. The summed E-state index contributed by atoms with van der Waals surface area (Å²) in [6, 6.07) is 2.63. The lowest BCUT2D eigenvalue weighted by Gasteiger charge is -2.08. The summed E-state index contributed by atoms with van der Waals surface area (Å²) in [5, 5.41) is 16.0. The van der Waals surface area contributed by atoms with Crippen LogP contribution in [0.1, 0.15) is 15.9 Å². The van der Waals surface area contributed by atoms with Gasteiger partial charge >= 0.3 is 12.0 Å². The maximum atomic E-state index is 11.8. The Kier molecular flexibility index (Phi) is 3.76. The first kappa shape index (κ1) is 13.0. The average molecular weight is 277 g/mol. The van der Waals surface area contributed by atoms with E-state index in [-0.39, 0.29) is 5.56 Å². The molecular formula is C12H11N3O3S. The molecule has 2 rings (SSSR count). The number of thiophene rings is 1. The highest BCUT2D eigenvalue weighted by Gasteiger charge is 2.14. The molecule has 0 aromatic carbocycles. The van der Waals surface area contributed by atoms with Crippen LogP contribution in [0.2, 0.25) is 0 Å². The molecule has 0 fully saturated rings. The first-order valence-corrected chi connectivity index (χ1v) is 6.25. The highest BCUT2D eigenvalue weighted by atomic mass is 32.1. The van der Waals surface area contributed by atoms with E-state index in [0.717, 1.165) is 16.9 Å². The number of pyridine rings is 1. The summed E-state index contributed by atoms with van der Waals surface area (Å²) >= 11 is 1.16. The van der Waals surface area contributed by atoms with Gasteiger partial charge in [-0.25, -0.2) is 9.59 Å². The molecule has 98 valence electrons. The fourth-order valence-corrected chi connectivity index (χ4v) is 2.22. The van der Waals surface area contributed by atoms with Crippen molar-refractivity contribution >= 4 is 34.0 Å². The number of anilines is 2. The second-order valence-electron chi connectivity index (χ2n) is 3.74. The SMILES string of the molecule is Cc1cnccc1NC(=O)Nc1sccc1C(=O)O. The van der Waals surface area contributed by atoms with Crippen LogP contribution in [0.15, 0.2) is 29.9 Å². The van der Waals surface area contributed by atoms with Gasteiger partial charge in [0.25, 0.3) is 0 Å². The second-order valence-corrected chi connectivity index (χ2v) is 4.65. The Morgan fingerprint density at radius 2 is 2.11 bits per heavy atom. The van der Waals surface area contributed by atoms with Crippen LogP contribution in [0.5, 0.6) is 0 Å². The quantitative estimate of drug-likeness (QED) is 0.804. The Hall–Kier alpha value is -2.41. The Balaban J connectivity index is 2.08. The van der Waals surface area contributed by atoms with Crippen molar-refractivity contribution in [1.29, 1.82) is 0 Å². The topological polar surface area (TPSA) is 91.3 Å². The third-order valence-corrected chi connectivity index (χ3v) is 3.22. The van der Waals surface area contributed by atoms with Crippen LogP contribution in [0.3, 0.4) is 0 Å². The fourth-order valence-electron chi connectivity index (χ4n) is 1.44. The lowest BCUT2D eigenvalue weighted by molar-refractivity contribution is 0.0698. The Bertz CT molecular complexity index is 624. The molecule has 0 saturated carbocycles. The summed E-state index contributed by atoms with van der Waals surface area (Å²) in [4.78, 5) is 26.6. The molecule has 2 aromatic rings. The van der Waals surface area contributed by atoms with E-state index < -0.39 is 12.0 Å². The monoisotopic (exact) mass is 277 g/mol. The zero-order valence-corrected chi connectivity index (χ0v) is 10.8. The summed E-state index contributed by atoms with van der Waals surface area (Å²) in [5.74, 6) is -1.07. The van der Waals surface area contributed by atoms with E-state index in [1.54, 1.807) is 23.8 Å². The summed E-state index contributed by atoms with van der Waals surface area (Å²) in [7, 11) is 0. The van der Waals surface area contributed by atoms with Gasteiger partial charge in [-0.1, -0.05) is 0 Å². The smallest absolute Gasteiger partial charge is 0.338 e.